The van der Waals surface area contributed by atoms with E-state index in [1.807, 2.05) is 6.07 Å². The summed E-state index contributed by atoms with van der Waals surface area (Å²) in [6.45, 7) is 0. The normalized spacial score (nSPS) is 10.8. The van der Waals surface area contributed by atoms with Gasteiger partial charge in [-0.3, -0.25) is 0 Å². The van der Waals surface area contributed by atoms with Crippen LogP contribution < -0.4 is 0 Å². The van der Waals surface area contributed by atoms with Gasteiger partial charge in [-0.15, -0.1) is 11.3 Å². The monoisotopic (exact) mass is 463 g/mol. The van der Waals surface area contributed by atoms with E-state index in [1.54, 1.807) is 11.3 Å². The fourth-order valence-electron chi connectivity index (χ4n) is 4.89. The molecule has 5 aromatic carbocycles. The molecule has 0 aliphatic carbocycles. The molecule has 0 unspecified atom stereocenters. The highest BCUT2D eigenvalue weighted by Crippen LogP contribution is 2.52. The van der Waals surface area contributed by atoms with Gasteiger partial charge in [0.25, 0.3) is 0 Å². The molecule has 6 rings (SSSR count). The largest absolute Gasteiger partial charge is 0.192 e. The van der Waals surface area contributed by atoms with Gasteiger partial charge in [-0.1, -0.05) is 121 Å². The number of nitriles is 1. The van der Waals surface area contributed by atoms with E-state index in [4.69, 9.17) is 0 Å². The minimum absolute atomic E-state index is 0.721. The smallest absolute Gasteiger partial charge is 0.110 e. The van der Waals surface area contributed by atoms with E-state index in [9.17, 15) is 5.26 Å². The van der Waals surface area contributed by atoms with Crippen molar-refractivity contribution in [3.05, 3.63) is 132 Å². The SMILES string of the molecule is N#Cc1cc2c(-c3ccccc3)c(-c3ccccc3)c(-c3ccccc3)c(-c3ccccc3)c2s1. The molecular weight excluding hydrogens is 442 g/mol. The van der Waals surface area contributed by atoms with Gasteiger partial charge < -0.3 is 0 Å². The maximum absolute atomic E-state index is 9.89. The highest BCUT2D eigenvalue weighted by molar-refractivity contribution is 7.20. The van der Waals surface area contributed by atoms with Crippen LogP contribution in [0.15, 0.2) is 127 Å². The van der Waals surface area contributed by atoms with E-state index in [0.717, 1.165) is 37.2 Å². The van der Waals surface area contributed by atoms with E-state index in [1.165, 1.54) is 22.3 Å². The van der Waals surface area contributed by atoms with E-state index < -0.39 is 0 Å². The van der Waals surface area contributed by atoms with Crippen LogP contribution in [0.3, 0.4) is 0 Å². The molecule has 164 valence electrons. The van der Waals surface area contributed by atoms with Crippen molar-refractivity contribution in [2.75, 3.05) is 0 Å². The van der Waals surface area contributed by atoms with Crippen LogP contribution in [0, 0.1) is 11.3 Å². The van der Waals surface area contributed by atoms with Gasteiger partial charge in [0.15, 0.2) is 0 Å². The summed E-state index contributed by atoms with van der Waals surface area (Å²) in [6, 6.07) is 46.8. The zero-order chi connectivity index (χ0) is 23.6. The van der Waals surface area contributed by atoms with Crippen molar-refractivity contribution in [3.63, 3.8) is 0 Å². The summed E-state index contributed by atoms with van der Waals surface area (Å²) in [6.07, 6.45) is 0. The first kappa shape index (κ1) is 21.1. The summed E-state index contributed by atoms with van der Waals surface area (Å²) in [5.74, 6) is 0. The van der Waals surface area contributed by atoms with E-state index in [2.05, 4.69) is 127 Å². The molecule has 0 aliphatic heterocycles. The molecule has 0 saturated heterocycles. The molecule has 0 aliphatic rings. The second kappa shape index (κ2) is 9.06. The predicted molar refractivity (Wildman–Crippen MR) is 148 cm³/mol. The van der Waals surface area contributed by atoms with Crippen LogP contribution in [-0.4, -0.2) is 0 Å². The standard InChI is InChI=1S/C33H21NS/c34-22-27-21-28-29(23-13-5-1-6-14-23)30(24-15-7-2-8-16-24)31(25-17-9-3-10-18-25)32(33(28)35-27)26-19-11-4-12-20-26/h1-21H. The molecule has 0 fully saturated rings. The average Bonchev–Trinajstić information content (AvgIpc) is 3.37. The summed E-state index contributed by atoms with van der Waals surface area (Å²) in [7, 11) is 0. The van der Waals surface area contributed by atoms with Crippen LogP contribution >= 0.6 is 11.3 Å². The van der Waals surface area contributed by atoms with Gasteiger partial charge in [0, 0.05) is 15.6 Å². The Balaban J connectivity index is 1.91. The van der Waals surface area contributed by atoms with Crippen molar-refractivity contribution >= 4 is 21.4 Å². The lowest BCUT2D eigenvalue weighted by molar-refractivity contribution is 1.52. The Morgan fingerprint density at radius 1 is 0.457 bits per heavy atom. The Bertz CT molecular complexity index is 1540. The third-order valence-electron chi connectivity index (χ3n) is 6.34. The van der Waals surface area contributed by atoms with Gasteiger partial charge in [-0.05, 0) is 45.0 Å². The van der Waals surface area contributed by atoms with Crippen molar-refractivity contribution in [3.8, 4) is 50.6 Å². The Morgan fingerprint density at radius 3 is 1.26 bits per heavy atom. The van der Waals surface area contributed by atoms with Crippen LogP contribution in [0.2, 0.25) is 0 Å². The molecule has 0 saturated carbocycles. The molecule has 0 radical (unpaired) electrons. The fourth-order valence-corrected chi connectivity index (χ4v) is 5.92. The number of thiophene rings is 1. The van der Waals surface area contributed by atoms with Crippen molar-refractivity contribution in [1.29, 1.82) is 5.26 Å². The molecule has 6 aromatic rings. The van der Waals surface area contributed by atoms with Crippen molar-refractivity contribution in [2.24, 2.45) is 0 Å². The first-order valence-corrected chi connectivity index (χ1v) is 12.4. The summed E-state index contributed by atoms with van der Waals surface area (Å²) in [4.78, 5) is 0.721. The molecule has 0 atom stereocenters. The molecule has 1 heterocycles. The summed E-state index contributed by atoms with van der Waals surface area (Å²) in [5.41, 5.74) is 9.36. The number of benzene rings is 5. The molecule has 1 nitrogen and oxygen atoms in total. The second-order valence-corrected chi connectivity index (χ2v) is 9.48. The predicted octanol–water partition coefficient (Wildman–Crippen LogP) is 9.44. The lowest BCUT2D eigenvalue weighted by Gasteiger charge is -2.22. The zero-order valence-corrected chi connectivity index (χ0v) is 19.8. The van der Waals surface area contributed by atoms with Crippen LogP contribution in [0.25, 0.3) is 54.6 Å². The van der Waals surface area contributed by atoms with Crippen LogP contribution in [0.1, 0.15) is 4.88 Å². The Morgan fingerprint density at radius 2 is 0.829 bits per heavy atom. The molecule has 35 heavy (non-hydrogen) atoms. The van der Waals surface area contributed by atoms with Crippen LogP contribution in [0.4, 0.5) is 0 Å². The van der Waals surface area contributed by atoms with Crippen molar-refractivity contribution in [2.45, 2.75) is 0 Å². The molecule has 0 N–H and O–H groups in total. The van der Waals surface area contributed by atoms with Gasteiger partial charge in [0.05, 0.1) is 0 Å². The van der Waals surface area contributed by atoms with Gasteiger partial charge in [0.2, 0.25) is 0 Å². The number of hydrogen-bond acceptors (Lipinski definition) is 2. The van der Waals surface area contributed by atoms with E-state index in [-0.39, 0.29) is 0 Å². The van der Waals surface area contributed by atoms with Crippen molar-refractivity contribution in [1.82, 2.24) is 0 Å². The fraction of sp³-hybridized carbons (Fsp3) is 0. The summed E-state index contributed by atoms with van der Waals surface area (Å²) < 4.78 is 1.14. The number of hydrogen-bond donors (Lipinski definition) is 0. The number of nitrogens with zero attached hydrogens (tertiary/aromatic N) is 1. The van der Waals surface area contributed by atoms with Gasteiger partial charge in [-0.2, -0.15) is 5.26 Å². The number of fused-ring (bicyclic) bond motifs is 1. The van der Waals surface area contributed by atoms with Crippen LogP contribution in [0.5, 0.6) is 0 Å². The second-order valence-electron chi connectivity index (χ2n) is 8.43. The highest BCUT2D eigenvalue weighted by atomic mass is 32.1. The minimum Gasteiger partial charge on any atom is -0.192 e. The Labute approximate surface area is 209 Å². The average molecular weight is 464 g/mol. The molecule has 0 bridgehead atoms. The topological polar surface area (TPSA) is 23.8 Å². The molecular formula is C33H21NS. The maximum Gasteiger partial charge on any atom is 0.110 e. The Hall–Kier alpha value is -4.45. The summed E-state index contributed by atoms with van der Waals surface area (Å²) >= 11 is 1.58. The van der Waals surface area contributed by atoms with Crippen molar-refractivity contribution < 1.29 is 0 Å². The third-order valence-corrected chi connectivity index (χ3v) is 7.40. The zero-order valence-electron chi connectivity index (χ0n) is 19.0. The molecule has 2 heteroatoms. The van der Waals surface area contributed by atoms with Gasteiger partial charge in [-0.25, -0.2) is 0 Å². The highest BCUT2D eigenvalue weighted by Gasteiger charge is 2.25. The summed E-state index contributed by atoms with van der Waals surface area (Å²) in [5, 5.41) is 11.0. The van der Waals surface area contributed by atoms with Crippen LogP contribution in [-0.2, 0) is 0 Å². The van der Waals surface area contributed by atoms with E-state index >= 15 is 0 Å². The number of rotatable bonds is 4. The molecule has 0 spiro atoms. The maximum atomic E-state index is 9.89. The molecule has 0 amide bonds. The quantitative estimate of drug-likeness (QED) is 0.255. The van der Waals surface area contributed by atoms with E-state index in [0.29, 0.717) is 0 Å². The first-order valence-electron chi connectivity index (χ1n) is 11.6. The lowest BCUT2D eigenvalue weighted by atomic mass is 9.81. The van der Waals surface area contributed by atoms with Gasteiger partial charge >= 0.3 is 0 Å². The first-order chi connectivity index (χ1) is 17.3. The Kier molecular flexibility index (Phi) is 5.47. The molecule has 1 aromatic heterocycles. The third kappa shape index (κ3) is 3.73. The lowest BCUT2D eigenvalue weighted by Crippen LogP contribution is -1.95. The minimum atomic E-state index is 0.721. The van der Waals surface area contributed by atoms with Gasteiger partial charge in [0.1, 0.15) is 10.9 Å².